The van der Waals surface area contributed by atoms with Gasteiger partial charge in [-0.05, 0) is 75.0 Å². The van der Waals surface area contributed by atoms with E-state index in [1.54, 1.807) is 18.3 Å². The van der Waals surface area contributed by atoms with Gasteiger partial charge >= 0.3 is 0 Å². The van der Waals surface area contributed by atoms with Crippen molar-refractivity contribution in [1.82, 2.24) is 0 Å². The molecule has 0 bridgehead atoms. The molecule has 0 aliphatic heterocycles. The molecule has 0 amide bonds. The molecule has 0 saturated carbocycles. The number of rotatable bonds is 3. The molecule has 98 valence electrons. The number of phenolic OH excluding ortho intramolecular Hbond substituents is 1. The number of hydrogen-bond donors (Lipinski definition) is 1. The van der Waals surface area contributed by atoms with Gasteiger partial charge in [-0.2, -0.15) is 0 Å². The van der Waals surface area contributed by atoms with Gasteiger partial charge in [0.2, 0.25) is 0 Å². The first-order chi connectivity index (χ1) is 9.06. The summed E-state index contributed by atoms with van der Waals surface area (Å²) in [6.07, 6.45) is 1.64. The maximum Gasteiger partial charge on any atom is 0.137 e. The van der Waals surface area contributed by atoms with Crippen LogP contribution >= 0.6 is 45.2 Å². The van der Waals surface area contributed by atoms with Crippen LogP contribution < -0.4 is 0 Å². The van der Waals surface area contributed by atoms with E-state index in [0.717, 1.165) is 12.7 Å². The van der Waals surface area contributed by atoms with Crippen molar-refractivity contribution in [3.63, 3.8) is 0 Å². The number of aromatic hydroxyl groups is 1. The largest absolute Gasteiger partial charge is 0.506 e. The van der Waals surface area contributed by atoms with Crippen molar-refractivity contribution >= 4 is 51.4 Å². The summed E-state index contributed by atoms with van der Waals surface area (Å²) in [4.78, 5) is 4.27. The van der Waals surface area contributed by atoms with Crippen LogP contribution in [0.15, 0.2) is 41.4 Å². The summed E-state index contributed by atoms with van der Waals surface area (Å²) in [7, 11) is 0. The zero-order valence-electron chi connectivity index (χ0n) is 9.78. The maximum absolute atomic E-state index is 12.7. The fraction of sp³-hybridized carbons (Fsp3) is 0.0714. The summed E-state index contributed by atoms with van der Waals surface area (Å²) < 4.78 is 14.6. The molecule has 0 fully saturated rings. The van der Waals surface area contributed by atoms with E-state index in [2.05, 4.69) is 50.2 Å². The van der Waals surface area contributed by atoms with Crippen LogP contribution in [0, 0.1) is 13.0 Å². The molecule has 0 spiro atoms. The van der Waals surface area contributed by atoms with Gasteiger partial charge in [-0.15, -0.1) is 0 Å². The predicted molar refractivity (Wildman–Crippen MR) is 91.2 cm³/mol. The van der Waals surface area contributed by atoms with Crippen molar-refractivity contribution < 1.29 is 9.50 Å². The Morgan fingerprint density at radius 1 is 1.16 bits per heavy atom. The average molecular weight is 481 g/mol. The van der Waals surface area contributed by atoms with E-state index in [1.165, 1.54) is 12.1 Å². The first kappa shape index (κ1) is 14.7. The Morgan fingerprint density at radius 3 is 2.53 bits per heavy atom. The summed E-state index contributed by atoms with van der Waals surface area (Å²) in [6.45, 7) is 0.460. The molecule has 5 heteroatoms. The lowest BCUT2D eigenvalue weighted by Gasteiger charge is -2.03. The summed E-state index contributed by atoms with van der Waals surface area (Å²) >= 11 is 4.28. The lowest BCUT2D eigenvalue weighted by atomic mass is 10.2. The van der Waals surface area contributed by atoms with Gasteiger partial charge in [0, 0.05) is 15.3 Å². The molecule has 0 atom stereocenters. The molecular weight excluding hydrogens is 471 g/mol. The van der Waals surface area contributed by atoms with Gasteiger partial charge in [-0.3, -0.25) is 4.99 Å². The molecule has 0 aliphatic rings. The average Bonchev–Trinajstić information content (AvgIpc) is 2.37. The minimum atomic E-state index is -0.252. The number of aliphatic imine (C=N–C) groups is 1. The Morgan fingerprint density at radius 2 is 1.84 bits per heavy atom. The quantitative estimate of drug-likeness (QED) is 0.514. The standard InChI is InChI=1S/C14H10FI2NO/c15-11-3-1-9(2-4-11)7-18-8-10-5-12(16)6-13(17)14(10)19/h1-6,8,19H,7H2. The lowest BCUT2D eigenvalue weighted by molar-refractivity contribution is 0.470. The number of phenols is 1. The fourth-order valence-electron chi connectivity index (χ4n) is 1.52. The van der Waals surface area contributed by atoms with Crippen molar-refractivity contribution in [3.8, 4) is 5.75 Å². The van der Waals surface area contributed by atoms with Crippen LogP contribution in [0.3, 0.4) is 0 Å². The molecule has 2 aromatic carbocycles. The Labute approximate surface area is 138 Å². The molecule has 19 heavy (non-hydrogen) atoms. The van der Waals surface area contributed by atoms with Crippen LogP contribution in [0.2, 0.25) is 0 Å². The highest BCUT2D eigenvalue weighted by atomic mass is 127. The fourth-order valence-corrected chi connectivity index (χ4v) is 3.41. The summed E-state index contributed by atoms with van der Waals surface area (Å²) in [6, 6.07) is 9.99. The molecule has 0 aliphatic carbocycles. The zero-order chi connectivity index (χ0) is 13.8. The highest BCUT2D eigenvalue weighted by molar-refractivity contribution is 14.1. The summed E-state index contributed by atoms with van der Waals surface area (Å²) in [5.74, 6) is -0.0126. The van der Waals surface area contributed by atoms with Crippen LogP contribution in [0.25, 0.3) is 0 Å². The van der Waals surface area contributed by atoms with E-state index >= 15 is 0 Å². The van der Waals surface area contributed by atoms with Gasteiger partial charge in [0.1, 0.15) is 11.6 Å². The van der Waals surface area contributed by atoms with Crippen LogP contribution in [0.1, 0.15) is 11.1 Å². The summed E-state index contributed by atoms with van der Waals surface area (Å²) in [5, 5.41) is 9.90. The maximum atomic E-state index is 12.7. The normalized spacial score (nSPS) is 11.1. The molecule has 0 unspecified atom stereocenters. The van der Waals surface area contributed by atoms with Crippen molar-refractivity contribution in [2.24, 2.45) is 4.99 Å². The van der Waals surface area contributed by atoms with Gasteiger partial charge in [0.15, 0.2) is 0 Å². The van der Waals surface area contributed by atoms with Gasteiger partial charge in [0.25, 0.3) is 0 Å². The Balaban J connectivity index is 2.13. The van der Waals surface area contributed by atoms with Gasteiger partial charge in [-0.1, -0.05) is 12.1 Å². The Kier molecular flexibility index (Phi) is 5.14. The third-order valence-corrected chi connectivity index (χ3v) is 3.92. The van der Waals surface area contributed by atoms with Gasteiger partial charge in [0.05, 0.1) is 10.1 Å². The second kappa shape index (κ2) is 6.65. The number of hydrogen-bond acceptors (Lipinski definition) is 2. The van der Waals surface area contributed by atoms with Crippen LogP contribution in [0.4, 0.5) is 4.39 Å². The first-order valence-corrected chi connectivity index (χ1v) is 7.64. The molecule has 2 aromatic rings. The molecule has 2 rings (SSSR count). The zero-order valence-corrected chi connectivity index (χ0v) is 14.1. The van der Waals surface area contributed by atoms with Crippen molar-refractivity contribution in [2.75, 3.05) is 0 Å². The molecule has 0 aromatic heterocycles. The predicted octanol–water partition coefficient (Wildman–Crippen LogP) is 4.36. The smallest absolute Gasteiger partial charge is 0.137 e. The number of benzene rings is 2. The monoisotopic (exact) mass is 481 g/mol. The lowest BCUT2D eigenvalue weighted by Crippen LogP contribution is -1.89. The Bertz CT molecular complexity index is 612. The second-order valence-corrected chi connectivity index (χ2v) is 6.33. The SMILES string of the molecule is Oc1c(I)cc(I)cc1C=NCc1ccc(F)cc1. The summed E-state index contributed by atoms with van der Waals surface area (Å²) in [5.41, 5.74) is 1.62. The molecule has 0 heterocycles. The molecular formula is C14H10FI2NO. The van der Waals surface area contributed by atoms with E-state index in [9.17, 15) is 9.50 Å². The molecule has 2 nitrogen and oxygen atoms in total. The number of halogens is 3. The molecule has 1 N–H and O–H groups in total. The number of nitrogens with zero attached hydrogens (tertiary/aromatic N) is 1. The third-order valence-electron chi connectivity index (χ3n) is 2.48. The Hall–Kier alpha value is -0.700. The van der Waals surface area contributed by atoms with E-state index in [4.69, 9.17) is 0 Å². The van der Waals surface area contributed by atoms with Gasteiger partial charge < -0.3 is 5.11 Å². The van der Waals surface area contributed by atoms with E-state index in [0.29, 0.717) is 12.1 Å². The third kappa shape index (κ3) is 4.13. The minimum absolute atomic E-state index is 0.240. The highest BCUT2D eigenvalue weighted by Gasteiger charge is 2.04. The van der Waals surface area contributed by atoms with Crippen molar-refractivity contribution in [2.45, 2.75) is 6.54 Å². The molecule has 0 saturated heterocycles. The highest BCUT2D eigenvalue weighted by Crippen LogP contribution is 2.25. The minimum Gasteiger partial charge on any atom is -0.506 e. The first-order valence-electron chi connectivity index (χ1n) is 5.48. The molecule has 0 radical (unpaired) electrons. The van der Waals surface area contributed by atoms with E-state index < -0.39 is 0 Å². The van der Waals surface area contributed by atoms with Crippen molar-refractivity contribution in [3.05, 3.63) is 60.5 Å². The second-order valence-electron chi connectivity index (χ2n) is 3.92. The van der Waals surface area contributed by atoms with Gasteiger partial charge in [-0.25, -0.2) is 4.39 Å². The van der Waals surface area contributed by atoms with Crippen LogP contribution in [-0.2, 0) is 6.54 Å². The van der Waals surface area contributed by atoms with E-state index in [-0.39, 0.29) is 11.6 Å². The van der Waals surface area contributed by atoms with E-state index in [1.807, 2.05) is 12.1 Å². The topological polar surface area (TPSA) is 32.6 Å². The van der Waals surface area contributed by atoms with Crippen LogP contribution in [-0.4, -0.2) is 11.3 Å². The van der Waals surface area contributed by atoms with Crippen LogP contribution in [0.5, 0.6) is 5.75 Å². The van der Waals surface area contributed by atoms with Crippen molar-refractivity contribution in [1.29, 1.82) is 0 Å².